The number of hydrogen-bond acceptors (Lipinski definition) is 3. The van der Waals surface area contributed by atoms with E-state index in [1.54, 1.807) is 12.1 Å². The van der Waals surface area contributed by atoms with Crippen LogP contribution in [0.1, 0.15) is 18.1 Å². The van der Waals surface area contributed by atoms with Crippen molar-refractivity contribution in [3.63, 3.8) is 0 Å². The molecule has 0 aliphatic rings. The van der Waals surface area contributed by atoms with Gasteiger partial charge in [0.25, 0.3) is 0 Å². The van der Waals surface area contributed by atoms with Crippen molar-refractivity contribution in [2.24, 2.45) is 0 Å². The van der Waals surface area contributed by atoms with E-state index in [1.165, 1.54) is 5.56 Å². The average molecular weight is 251 g/mol. The summed E-state index contributed by atoms with van der Waals surface area (Å²) >= 11 is 0. The SMILES string of the molecule is CCN(c1cccc(C)c1)c1ccc(C#N)cc1N. The molecule has 0 saturated carbocycles. The predicted molar refractivity (Wildman–Crippen MR) is 79.4 cm³/mol. The molecule has 2 rings (SSSR count). The lowest BCUT2D eigenvalue weighted by atomic mass is 10.1. The highest BCUT2D eigenvalue weighted by Crippen LogP contribution is 2.31. The Balaban J connectivity index is 2.46. The van der Waals surface area contributed by atoms with Crippen LogP contribution in [-0.4, -0.2) is 6.54 Å². The summed E-state index contributed by atoms with van der Waals surface area (Å²) in [7, 11) is 0. The van der Waals surface area contributed by atoms with Gasteiger partial charge >= 0.3 is 0 Å². The van der Waals surface area contributed by atoms with Crippen molar-refractivity contribution in [3.8, 4) is 6.07 Å². The Bertz CT molecular complexity index is 626. The van der Waals surface area contributed by atoms with Gasteiger partial charge in [-0.1, -0.05) is 12.1 Å². The topological polar surface area (TPSA) is 53.0 Å². The zero-order valence-electron chi connectivity index (χ0n) is 11.2. The van der Waals surface area contributed by atoms with Gasteiger partial charge < -0.3 is 10.6 Å². The monoisotopic (exact) mass is 251 g/mol. The molecule has 96 valence electrons. The third-order valence-corrected chi connectivity index (χ3v) is 3.08. The predicted octanol–water partition coefficient (Wildman–Crippen LogP) is 3.61. The minimum atomic E-state index is 0.585. The summed E-state index contributed by atoms with van der Waals surface area (Å²) in [5.41, 5.74) is 10.5. The Labute approximate surface area is 113 Å². The number of nitrogen functional groups attached to an aromatic ring is 1. The first-order chi connectivity index (χ1) is 9.15. The van der Waals surface area contributed by atoms with E-state index in [0.717, 1.165) is 17.9 Å². The second-order valence-electron chi connectivity index (χ2n) is 4.47. The number of anilines is 3. The van der Waals surface area contributed by atoms with Crippen LogP contribution in [0.5, 0.6) is 0 Å². The highest BCUT2D eigenvalue weighted by Gasteiger charge is 2.11. The summed E-state index contributed by atoms with van der Waals surface area (Å²) in [6, 6.07) is 15.8. The Morgan fingerprint density at radius 2 is 2.00 bits per heavy atom. The maximum Gasteiger partial charge on any atom is 0.0992 e. The summed E-state index contributed by atoms with van der Waals surface area (Å²) in [4.78, 5) is 2.14. The van der Waals surface area contributed by atoms with Gasteiger partial charge in [0.1, 0.15) is 0 Å². The first-order valence-electron chi connectivity index (χ1n) is 6.29. The quantitative estimate of drug-likeness (QED) is 0.848. The Kier molecular flexibility index (Phi) is 3.72. The lowest BCUT2D eigenvalue weighted by molar-refractivity contribution is 1.02. The van der Waals surface area contributed by atoms with E-state index in [2.05, 4.69) is 43.0 Å². The van der Waals surface area contributed by atoms with Crippen LogP contribution >= 0.6 is 0 Å². The molecule has 0 unspecified atom stereocenters. The number of nitrogens with two attached hydrogens (primary N) is 1. The van der Waals surface area contributed by atoms with Crippen molar-refractivity contribution in [1.82, 2.24) is 0 Å². The normalized spacial score (nSPS) is 9.95. The van der Waals surface area contributed by atoms with E-state index in [-0.39, 0.29) is 0 Å². The molecule has 0 bridgehead atoms. The molecule has 0 saturated heterocycles. The first-order valence-corrected chi connectivity index (χ1v) is 6.29. The van der Waals surface area contributed by atoms with E-state index in [4.69, 9.17) is 11.0 Å². The van der Waals surface area contributed by atoms with Gasteiger partial charge in [0.15, 0.2) is 0 Å². The van der Waals surface area contributed by atoms with Crippen LogP contribution in [0.3, 0.4) is 0 Å². The fourth-order valence-corrected chi connectivity index (χ4v) is 2.16. The highest BCUT2D eigenvalue weighted by atomic mass is 15.1. The van der Waals surface area contributed by atoms with Gasteiger partial charge in [-0.25, -0.2) is 0 Å². The molecule has 0 aromatic heterocycles. The van der Waals surface area contributed by atoms with Gasteiger partial charge in [0.2, 0.25) is 0 Å². The molecule has 0 aliphatic heterocycles. The fourth-order valence-electron chi connectivity index (χ4n) is 2.16. The number of nitriles is 1. The third-order valence-electron chi connectivity index (χ3n) is 3.08. The Morgan fingerprint density at radius 3 is 2.58 bits per heavy atom. The summed E-state index contributed by atoms with van der Waals surface area (Å²) in [6.45, 7) is 4.97. The van der Waals surface area contributed by atoms with Gasteiger partial charge in [0.05, 0.1) is 23.0 Å². The fraction of sp³-hybridized carbons (Fsp3) is 0.188. The summed E-state index contributed by atoms with van der Waals surface area (Å²) in [6.07, 6.45) is 0. The zero-order valence-corrected chi connectivity index (χ0v) is 11.2. The molecule has 3 heteroatoms. The van der Waals surface area contributed by atoms with Crippen LogP contribution in [0.2, 0.25) is 0 Å². The molecule has 2 aromatic carbocycles. The van der Waals surface area contributed by atoms with E-state index in [9.17, 15) is 0 Å². The van der Waals surface area contributed by atoms with E-state index >= 15 is 0 Å². The third kappa shape index (κ3) is 2.69. The van der Waals surface area contributed by atoms with Gasteiger partial charge in [-0.15, -0.1) is 0 Å². The van der Waals surface area contributed by atoms with Crippen molar-refractivity contribution in [3.05, 3.63) is 53.6 Å². The van der Waals surface area contributed by atoms with Gasteiger partial charge in [0, 0.05) is 12.2 Å². The van der Waals surface area contributed by atoms with Crippen LogP contribution in [-0.2, 0) is 0 Å². The number of benzene rings is 2. The summed E-state index contributed by atoms with van der Waals surface area (Å²) in [5, 5.41) is 8.88. The number of aryl methyl sites for hydroxylation is 1. The average Bonchev–Trinajstić information content (AvgIpc) is 2.41. The maximum absolute atomic E-state index is 8.88. The van der Waals surface area contributed by atoms with Crippen molar-refractivity contribution in [2.45, 2.75) is 13.8 Å². The molecular formula is C16H17N3. The molecule has 2 aromatic rings. The smallest absolute Gasteiger partial charge is 0.0992 e. The molecule has 3 nitrogen and oxygen atoms in total. The minimum absolute atomic E-state index is 0.585. The second kappa shape index (κ2) is 5.45. The van der Waals surface area contributed by atoms with Crippen molar-refractivity contribution in [2.75, 3.05) is 17.2 Å². The Morgan fingerprint density at radius 1 is 1.21 bits per heavy atom. The molecule has 0 radical (unpaired) electrons. The molecule has 0 atom stereocenters. The van der Waals surface area contributed by atoms with Gasteiger partial charge in [-0.2, -0.15) is 5.26 Å². The van der Waals surface area contributed by atoms with E-state index < -0.39 is 0 Å². The largest absolute Gasteiger partial charge is 0.397 e. The molecule has 0 fully saturated rings. The second-order valence-corrected chi connectivity index (χ2v) is 4.47. The molecule has 0 amide bonds. The summed E-state index contributed by atoms with van der Waals surface area (Å²) in [5.74, 6) is 0. The van der Waals surface area contributed by atoms with Crippen molar-refractivity contribution < 1.29 is 0 Å². The van der Waals surface area contributed by atoms with Gasteiger partial charge in [-0.3, -0.25) is 0 Å². The van der Waals surface area contributed by atoms with Crippen LogP contribution < -0.4 is 10.6 Å². The molecule has 0 heterocycles. The van der Waals surface area contributed by atoms with E-state index in [0.29, 0.717) is 11.3 Å². The number of rotatable bonds is 3. The van der Waals surface area contributed by atoms with Crippen LogP contribution in [0.4, 0.5) is 17.1 Å². The maximum atomic E-state index is 8.88. The first kappa shape index (κ1) is 13.0. The zero-order chi connectivity index (χ0) is 13.8. The molecule has 2 N–H and O–H groups in total. The van der Waals surface area contributed by atoms with E-state index in [1.807, 2.05) is 12.1 Å². The minimum Gasteiger partial charge on any atom is -0.397 e. The molecule has 19 heavy (non-hydrogen) atoms. The Hall–Kier alpha value is -2.47. The molecule has 0 aliphatic carbocycles. The van der Waals surface area contributed by atoms with Crippen LogP contribution in [0.15, 0.2) is 42.5 Å². The molecule has 0 spiro atoms. The van der Waals surface area contributed by atoms with Crippen molar-refractivity contribution >= 4 is 17.1 Å². The van der Waals surface area contributed by atoms with Crippen molar-refractivity contribution in [1.29, 1.82) is 5.26 Å². The highest BCUT2D eigenvalue weighted by molar-refractivity contribution is 5.76. The van der Waals surface area contributed by atoms with Crippen LogP contribution in [0, 0.1) is 18.3 Å². The standard InChI is InChI=1S/C16H17N3/c1-3-19(14-6-4-5-12(2)9-14)16-8-7-13(11-17)10-15(16)18/h4-10H,3,18H2,1-2H3. The molecular weight excluding hydrogens is 234 g/mol. The number of hydrogen-bond donors (Lipinski definition) is 1. The van der Waals surface area contributed by atoms with Gasteiger partial charge in [-0.05, 0) is 49.7 Å². The number of nitrogens with zero attached hydrogens (tertiary/aromatic N) is 2. The summed E-state index contributed by atoms with van der Waals surface area (Å²) < 4.78 is 0. The lowest BCUT2D eigenvalue weighted by Gasteiger charge is -2.25. The lowest BCUT2D eigenvalue weighted by Crippen LogP contribution is -2.17. The van der Waals surface area contributed by atoms with Crippen LogP contribution in [0.25, 0.3) is 0 Å².